The van der Waals surface area contributed by atoms with E-state index in [9.17, 15) is 0 Å². The maximum Gasteiger partial charge on any atom is 0.133 e. The van der Waals surface area contributed by atoms with Gasteiger partial charge >= 0.3 is 0 Å². The topological polar surface area (TPSA) is 16.1 Å². The molecule has 0 aliphatic heterocycles. The zero-order valence-corrected chi connectivity index (χ0v) is 11.3. The SMILES string of the molecule is CCN(Cc1cccnc1Cl)C1CCCCC1. The molecule has 0 bridgehead atoms. The minimum atomic E-state index is 0.654. The average molecular weight is 253 g/mol. The first-order valence-electron chi connectivity index (χ1n) is 6.64. The van der Waals surface area contributed by atoms with Gasteiger partial charge in [0, 0.05) is 24.3 Å². The Hall–Kier alpha value is -0.600. The molecule has 0 radical (unpaired) electrons. The largest absolute Gasteiger partial charge is 0.296 e. The van der Waals surface area contributed by atoms with Gasteiger partial charge in [0.2, 0.25) is 0 Å². The van der Waals surface area contributed by atoms with Crippen LogP contribution in [0.1, 0.15) is 44.6 Å². The van der Waals surface area contributed by atoms with Crippen LogP contribution in [0, 0.1) is 0 Å². The molecule has 0 N–H and O–H groups in total. The van der Waals surface area contributed by atoms with Crippen LogP contribution in [-0.2, 0) is 6.54 Å². The van der Waals surface area contributed by atoms with Crippen molar-refractivity contribution in [2.24, 2.45) is 0 Å². The van der Waals surface area contributed by atoms with Crippen LogP contribution in [0.3, 0.4) is 0 Å². The highest BCUT2D eigenvalue weighted by Gasteiger charge is 2.20. The maximum atomic E-state index is 6.13. The summed E-state index contributed by atoms with van der Waals surface area (Å²) in [5.41, 5.74) is 1.15. The second kappa shape index (κ2) is 6.36. The van der Waals surface area contributed by atoms with E-state index in [1.54, 1.807) is 6.20 Å². The summed E-state index contributed by atoms with van der Waals surface area (Å²) in [6.45, 7) is 4.27. The molecule has 2 nitrogen and oxygen atoms in total. The summed E-state index contributed by atoms with van der Waals surface area (Å²) in [5.74, 6) is 0. The number of rotatable bonds is 4. The fourth-order valence-electron chi connectivity index (χ4n) is 2.70. The lowest BCUT2D eigenvalue weighted by Crippen LogP contribution is -2.36. The van der Waals surface area contributed by atoms with E-state index in [1.165, 1.54) is 32.1 Å². The van der Waals surface area contributed by atoms with Crippen molar-refractivity contribution in [3.63, 3.8) is 0 Å². The Balaban J connectivity index is 2.01. The van der Waals surface area contributed by atoms with Gasteiger partial charge in [-0.25, -0.2) is 4.98 Å². The summed E-state index contributed by atoms with van der Waals surface area (Å²) in [7, 11) is 0. The standard InChI is InChI=1S/C14H21ClN2/c1-2-17(13-8-4-3-5-9-13)11-12-7-6-10-16-14(12)15/h6-7,10,13H,2-5,8-9,11H2,1H3. The summed E-state index contributed by atoms with van der Waals surface area (Å²) in [6, 6.07) is 4.79. The second-order valence-electron chi connectivity index (χ2n) is 4.81. The van der Waals surface area contributed by atoms with Gasteiger partial charge in [0.05, 0.1) is 0 Å². The molecule has 0 unspecified atom stereocenters. The summed E-state index contributed by atoms with van der Waals surface area (Å²) in [4.78, 5) is 6.69. The van der Waals surface area contributed by atoms with Gasteiger partial charge < -0.3 is 0 Å². The van der Waals surface area contributed by atoms with E-state index in [-0.39, 0.29) is 0 Å². The molecule has 1 aliphatic rings. The minimum absolute atomic E-state index is 0.654. The van der Waals surface area contributed by atoms with Gasteiger partial charge in [-0.15, -0.1) is 0 Å². The molecule has 94 valence electrons. The Morgan fingerprint density at radius 2 is 2.12 bits per heavy atom. The van der Waals surface area contributed by atoms with Crippen molar-refractivity contribution < 1.29 is 0 Å². The minimum Gasteiger partial charge on any atom is -0.296 e. The molecule has 2 rings (SSSR count). The van der Waals surface area contributed by atoms with E-state index in [0.717, 1.165) is 24.7 Å². The number of halogens is 1. The summed E-state index contributed by atoms with van der Waals surface area (Å²) in [5, 5.41) is 0.654. The molecule has 0 atom stereocenters. The predicted octanol–water partition coefficient (Wildman–Crippen LogP) is 3.89. The van der Waals surface area contributed by atoms with Crippen molar-refractivity contribution in [3.8, 4) is 0 Å². The highest BCUT2D eigenvalue weighted by molar-refractivity contribution is 6.30. The zero-order chi connectivity index (χ0) is 12.1. The van der Waals surface area contributed by atoms with Crippen LogP contribution in [0.15, 0.2) is 18.3 Å². The molecule has 0 spiro atoms. The fourth-order valence-corrected chi connectivity index (χ4v) is 2.88. The lowest BCUT2D eigenvalue weighted by atomic mass is 9.94. The van der Waals surface area contributed by atoms with Crippen molar-refractivity contribution in [1.82, 2.24) is 9.88 Å². The summed E-state index contributed by atoms with van der Waals surface area (Å²) in [6.07, 6.45) is 8.59. The number of hydrogen-bond donors (Lipinski definition) is 0. The molecule has 0 amide bonds. The van der Waals surface area contributed by atoms with Crippen LogP contribution in [0.2, 0.25) is 5.15 Å². The number of hydrogen-bond acceptors (Lipinski definition) is 2. The highest BCUT2D eigenvalue weighted by Crippen LogP contribution is 2.25. The van der Waals surface area contributed by atoms with E-state index in [0.29, 0.717) is 5.15 Å². The van der Waals surface area contributed by atoms with Crippen LogP contribution in [0.5, 0.6) is 0 Å². The highest BCUT2D eigenvalue weighted by atomic mass is 35.5. The molecule has 1 aromatic rings. The van der Waals surface area contributed by atoms with Crippen LogP contribution in [0.25, 0.3) is 0 Å². The van der Waals surface area contributed by atoms with E-state index >= 15 is 0 Å². The number of nitrogens with zero attached hydrogens (tertiary/aromatic N) is 2. The van der Waals surface area contributed by atoms with E-state index < -0.39 is 0 Å². The quantitative estimate of drug-likeness (QED) is 0.756. The molecule has 0 aromatic carbocycles. The van der Waals surface area contributed by atoms with Gasteiger partial charge in [-0.3, -0.25) is 4.90 Å². The van der Waals surface area contributed by atoms with Crippen molar-refractivity contribution in [3.05, 3.63) is 29.0 Å². The maximum absolute atomic E-state index is 6.13. The summed E-state index contributed by atoms with van der Waals surface area (Å²) < 4.78 is 0. The van der Waals surface area contributed by atoms with Crippen LogP contribution < -0.4 is 0 Å². The smallest absolute Gasteiger partial charge is 0.133 e. The Morgan fingerprint density at radius 1 is 1.35 bits per heavy atom. The van der Waals surface area contributed by atoms with Crippen molar-refractivity contribution in [2.45, 2.75) is 51.6 Å². The van der Waals surface area contributed by atoms with Crippen LogP contribution >= 0.6 is 11.6 Å². The van der Waals surface area contributed by atoms with E-state index in [1.807, 2.05) is 6.07 Å². The third-order valence-electron chi connectivity index (χ3n) is 3.71. The molecule has 1 aliphatic carbocycles. The summed E-state index contributed by atoms with van der Waals surface area (Å²) >= 11 is 6.13. The lowest BCUT2D eigenvalue weighted by molar-refractivity contribution is 0.156. The average Bonchev–Trinajstić information content (AvgIpc) is 2.39. The Morgan fingerprint density at radius 3 is 2.76 bits per heavy atom. The first-order chi connectivity index (χ1) is 8.31. The third kappa shape index (κ3) is 3.43. The van der Waals surface area contributed by atoms with Gasteiger partial charge in [-0.2, -0.15) is 0 Å². The lowest BCUT2D eigenvalue weighted by Gasteiger charge is -2.33. The molecule has 3 heteroatoms. The van der Waals surface area contributed by atoms with Crippen molar-refractivity contribution >= 4 is 11.6 Å². The number of pyridine rings is 1. The van der Waals surface area contributed by atoms with Gasteiger partial charge in [0.25, 0.3) is 0 Å². The first-order valence-corrected chi connectivity index (χ1v) is 7.02. The molecule has 1 fully saturated rings. The van der Waals surface area contributed by atoms with Gasteiger partial charge in [-0.05, 0) is 25.5 Å². The fraction of sp³-hybridized carbons (Fsp3) is 0.643. The van der Waals surface area contributed by atoms with Crippen LogP contribution in [0.4, 0.5) is 0 Å². The van der Waals surface area contributed by atoms with Crippen LogP contribution in [-0.4, -0.2) is 22.5 Å². The van der Waals surface area contributed by atoms with Gasteiger partial charge in [-0.1, -0.05) is 43.9 Å². The second-order valence-corrected chi connectivity index (χ2v) is 5.17. The normalized spacial score (nSPS) is 17.6. The Labute approximate surface area is 109 Å². The third-order valence-corrected chi connectivity index (χ3v) is 4.05. The molecular formula is C14H21ClN2. The molecule has 0 saturated heterocycles. The van der Waals surface area contributed by atoms with Gasteiger partial charge in [0.15, 0.2) is 0 Å². The van der Waals surface area contributed by atoms with Crippen molar-refractivity contribution in [1.29, 1.82) is 0 Å². The predicted molar refractivity (Wildman–Crippen MR) is 72.2 cm³/mol. The Kier molecular flexibility index (Phi) is 4.81. The van der Waals surface area contributed by atoms with Crippen molar-refractivity contribution in [2.75, 3.05) is 6.54 Å². The monoisotopic (exact) mass is 252 g/mol. The molecule has 1 saturated carbocycles. The molecule has 17 heavy (non-hydrogen) atoms. The first kappa shape index (κ1) is 12.8. The zero-order valence-electron chi connectivity index (χ0n) is 10.5. The molecular weight excluding hydrogens is 232 g/mol. The van der Waals surface area contributed by atoms with E-state index in [2.05, 4.69) is 22.9 Å². The van der Waals surface area contributed by atoms with E-state index in [4.69, 9.17) is 11.6 Å². The Bertz CT molecular complexity index is 348. The molecule has 1 aromatic heterocycles. The molecule has 1 heterocycles. The number of aromatic nitrogens is 1. The van der Waals surface area contributed by atoms with Gasteiger partial charge in [0.1, 0.15) is 5.15 Å².